The van der Waals surface area contributed by atoms with E-state index in [0.717, 1.165) is 17.1 Å². The summed E-state index contributed by atoms with van der Waals surface area (Å²) in [6, 6.07) is 28.1. The van der Waals surface area contributed by atoms with Gasteiger partial charge in [-0.1, -0.05) is 74.5 Å². The number of benzene rings is 3. The fourth-order valence-corrected chi connectivity index (χ4v) is 3.12. The predicted octanol–water partition coefficient (Wildman–Crippen LogP) is 6.34. The third kappa shape index (κ3) is 5.22. The standard InChI is InChI=1S/C25H28O3/c1-4-26-24(25(2,3)21-13-7-5-8-14-21)27-19-20-12-11-17-23(18-20)28-22-15-9-6-10-16-22/h5-18,24H,4,19H2,1-3H3. The molecule has 3 heteroatoms. The van der Waals surface area contributed by atoms with Crippen molar-refractivity contribution in [3.8, 4) is 11.5 Å². The van der Waals surface area contributed by atoms with E-state index in [1.54, 1.807) is 0 Å². The fourth-order valence-electron chi connectivity index (χ4n) is 3.12. The maximum Gasteiger partial charge on any atom is 0.167 e. The van der Waals surface area contributed by atoms with E-state index in [2.05, 4.69) is 26.0 Å². The Morgan fingerprint density at radius 1 is 0.750 bits per heavy atom. The van der Waals surface area contributed by atoms with E-state index < -0.39 is 0 Å². The van der Waals surface area contributed by atoms with Crippen molar-refractivity contribution in [2.75, 3.05) is 6.61 Å². The van der Waals surface area contributed by atoms with Crippen molar-refractivity contribution >= 4 is 0 Å². The van der Waals surface area contributed by atoms with Gasteiger partial charge < -0.3 is 14.2 Å². The average Bonchev–Trinajstić information content (AvgIpc) is 2.73. The molecule has 3 rings (SSSR count). The number of ether oxygens (including phenoxy) is 3. The van der Waals surface area contributed by atoms with E-state index in [-0.39, 0.29) is 11.7 Å². The first-order chi connectivity index (χ1) is 13.6. The third-order valence-corrected chi connectivity index (χ3v) is 4.70. The van der Waals surface area contributed by atoms with Crippen LogP contribution in [0.4, 0.5) is 0 Å². The SMILES string of the molecule is CCOC(OCc1cccc(Oc2ccccc2)c1)C(C)(C)c1ccccc1. The first-order valence-electron chi connectivity index (χ1n) is 9.70. The summed E-state index contributed by atoms with van der Waals surface area (Å²) in [4.78, 5) is 0. The van der Waals surface area contributed by atoms with Gasteiger partial charge in [0.1, 0.15) is 11.5 Å². The van der Waals surface area contributed by atoms with E-state index in [4.69, 9.17) is 14.2 Å². The van der Waals surface area contributed by atoms with Gasteiger partial charge in [-0.25, -0.2) is 0 Å². The first-order valence-corrected chi connectivity index (χ1v) is 9.70. The fraction of sp³-hybridized carbons (Fsp3) is 0.280. The summed E-state index contributed by atoms with van der Waals surface area (Å²) in [6.45, 7) is 7.34. The Hall–Kier alpha value is -2.62. The first kappa shape index (κ1) is 20.1. The Kier molecular flexibility index (Phi) is 6.85. The quantitative estimate of drug-likeness (QED) is 0.408. The molecule has 146 valence electrons. The molecular weight excluding hydrogens is 348 g/mol. The van der Waals surface area contributed by atoms with Crippen molar-refractivity contribution in [3.05, 3.63) is 96.1 Å². The minimum atomic E-state index is -0.349. The Balaban J connectivity index is 1.69. The van der Waals surface area contributed by atoms with E-state index >= 15 is 0 Å². The monoisotopic (exact) mass is 376 g/mol. The molecule has 3 nitrogen and oxygen atoms in total. The summed E-state index contributed by atoms with van der Waals surface area (Å²) in [7, 11) is 0. The van der Waals surface area contributed by atoms with Gasteiger partial charge in [0.25, 0.3) is 0 Å². The van der Waals surface area contributed by atoms with E-state index in [1.165, 1.54) is 5.56 Å². The van der Waals surface area contributed by atoms with Crippen molar-refractivity contribution in [2.24, 2.45) is 0 Å². The molecule has 0 spiro atoms. The van der Waals surface area contributed by atoms with Crippen molar-refractivity contribution in [3.63, 3.8) is 0 Å². The van der Waals surface area contributed by atoms with E-state index in [9.17, 15) is 0 Å². The summed E-state index contributed by atoms with van der Waals surface area (Å²) < 4.78 is 18.1. The van der Waals surface area contributed by atoms with Crippen LogP contribution in [0, 0.1) is 0 Å². The smallest absolute Gasteiger partial charge is 0.167 e. The van der Waals surface area contributed by atoms with Gasteiger partial charge in [0, 0.05) is 12.0 Å². The molecule has 0 radical (unpaired) electrons. The molecule has 0 amide bonds. The van der Waals surface area contributed by atoms with Gasteiger partial charge in [-0.2, -0.15) is 0 Å². The second-order valence-corrected chi connectivity index (χ2v) is 7.25. The third-order valence-electron chi connectivity index (χ3n) is 4.70. The molecule has 0 aliphatic carbocycles. The number of rotatable bonds is 9. The molecule has 0 aliphatic heterocycles. The number of para-hydroxylation sites is 1. The largest absolute Gasteiger partial charge is 0.457 e. The molecule has 0 fully saturated rings. The summed E-state index contributed by atoms with van der Waals surface area (Å²) in [5.41, 5.74) is 1.96. The lowest BCUT2D eigenvalue weighted by molar-refractivity contribution is -0.180. The Morgan fingerprint density at radius 2 is 1.39 bits per heavy atom. The molecule has 0 aromatic heterocycles. The predicted molar refractivity (Wildman–Crippen MR) is 113 cm³/mol. The lowest BCUT2D eigenvalue weighted by atomic mass is 9.84. The molecular formula is C25H28O3. The highest BCUT2D eigenvalue weighted by atomic mass is 16.7. The van der Waals surface area contributed by atoms with Crippen LogP contribution in [-0.4, -0.2) is 12.9 Å². The minimum absolute atomic E-state index is 0.268. The van der Waals surface area contributed by atoms with E-state index in [1.807, 2.05) is 79.7 Å². The molecule has 3 aromatic rings. The molecule has 28 heavy (non-hydrogen) atoms. The Morgan fingerprint density at radius 3 is 2.07 bits per heavy atom. The van der Waals surface area contributed by atoms with E-state index in [0.29, 0.717) is 13.2 Å². The molecule has 1 unspecified atom stereocenters. The highest BCUT2D eigenvalue weighted by molar-refractivity contribution is 5.33. The summed E-state index contributed by atoms with van der Waals surface area (Å²) >= 11 is 0. The zero-order valence-electron chi connectivity index (χ0n) is 16.8. The second-order valence-electron chi connectivity index (χ2n) is 7.25. The maximum absolute atomic E-state index is 6.22. The van der Waals surface area contributed by atoms with Gasteiger partial charge in [0.05, 0.1) is 6.61 Å². The molecule has 0 saturated carbocycles. The van der Waals surface area contributed by atoms with Crippen LogP contribution in [-0.2, 0) is 21.5 Å². The van der Waals surface area contributed by atoms with Crippen molar-refractivity contribution in [1.29, 1.82) is 0 Å². The Bertz CT molecular complexity index is 844. The minimum Gasteiger partial charge on any atom is -0.457 e. The molecule has 3 aromatic carbocycles. The molecule has 0 bridgehead atoms. The van der Waals surface area contributed by atoms with Gasteiger partial charge in [-0.15, -0.1) is 0 Å². The zero-order valence-corrected chi connectivity index (χ0v) is 16.8. The normalized spacial score (nSPS) is 12.5. The molecule has 0 heterocycles. The Labute approximate surface area is 167 Å². The van der Waals surface area contributed by atoms with Crippen molar-refractivity contribution < 1.29 is 14.2 Å². The van der Waals surface area contributed by atoms with Gasteiger partial charge in [0.2, 0.25) is 0 Å². The maximum atomic E-state index is 6.22. The van der Waals surface area contributed by atoms with Crippen molar-refractivity contribution in [1.82, 2.24) is 0 Å². The van der Waals surface area contributed by atoms with Gasteiger partial charge in [0.15, 0.2) is 6.29 Å². The molecule has 1 atom stereocenters. The molecule has 0 aliphatic rings. The second kappa shape index (κ2) is 9.54. The number of hydrogen-bond donors (Lipinski definition) is 0. The van der Waals surface area contributed by atoms with Crippen LogP contribution < -0.4 is 4.74 Å². The van der Waals surface area contributed by atoms with Crippen LogP contribution in [0.25, 0.3) is 0 Å². The lowest BCUT2D eigenvalue weighted by Gasteiger charge is -2.34. The molecule has 0 N–H and O–H groups in total. The van der Waals surface area contributed by atoms with Crippen LogP contribution in [0.3, 0.4) is 0 Å². The highest BCUT2D eigenvalue weighted by Crippen LogP contribution is 2.31. The summed E-state index contributed by atoms with van der Waals surface area (Å²) in [6.07, 6.45) is -0.349. The molecule has 0 saturated heterocycles. The van der Waals surface area contributed by atoms with Crippen molar-refractivity contribution in [2.45, 2.75) is 39.1 Å². The average molecular weight is 376 g/mol. The number of hydrogen-bond acceptors (Lipinski definition) is 3. The van der Waals surface area contributed by atoms with Gasteiger partial charge in [-0.05, 0) is 42.3 Å². The summed E-state index contributed by atoms with van der Waals surface area (Å²) in [5, 5.41) is 0. The van der Waals surface area contributed by atoms with Crippen LogP contribution in [0.2, 0.25) is 0 Å². The van der Waals surface area contributed by atoms with Crippen LogP contribution in [0.15, 0.2) is 84.9 Å². The van der Waals surface area contributed by atoms with Crippen LogP contribution in [0.5, 0.6) is 11.5 Å². The zero-order chi connectivity index (χ0) is 19.8. The highest BCUT2D eigenvalue weighted by Gasteiger charge is 2.32. The van der Waals surface area contributed by atoms with Crippen LogP contribution >= 0.6 is 0 Å². The van der Waals surface area contributed by atoms with Gasteiger partial charge in [-0.3, -0.25) is 0 Å². The topological polar surface area (TPSA) is 27.7 Å². The lowest BCUT2D eigenvalue weighted by Crippen LogP contribution is -2.38. The summed E-state index contributed by atoms with van der Waals surface area (Å²) in [5.74, 6) is 1.61. The van der Waals surface area contributed by atoms with Crippen LogP contribution in [0.1, 0.15) is 31.9 Å². The van der Waals surface area contributed by atoms with Gasteiger partial charge >= 0.3 is 0 Å².